The molecule has 0 spiro atoms. The van der Waals surface area contributed by atoms with Crippen molar-refractivity contribution in [2.24, 2.45) is 5.92 Å². The van der Waals surface area contributed by atoms with E-state index in [0.29, 0.717) is 24.4 Å². The Morgan fingerprint density at radius 2 is 1.89 bits per heavy atom. The van der Waals surface area contributed by atoms with Gasteiger partial charge in [-0.25, -0.2) is 0 Å². The fourth-order valence-corrected chi connectivity index (χ4v) is 3.55. The smallest absolute Gasteiger partial charge is 0.252 e. The summed E-state index contributed by atoms with van der Waals surface area (Å²) in [5, 5.41) is 2.98. The van der Waals surface area contributed by atoms with E-state index in [2.05, 4.69) is 38.4 Å². The van der Waals surface area contributed by atoms with E-state index in [1.807, 2.05) is 17.0 Å². The Morgan fingerprint density at radius 1 is 1.15 bits per heavy atom. The molecule has 0 radical (unpaired) electrons. The van der Waals surface area contributed by atoms with Crippen molar-refractivity contribution in [3.63, 3.8) is 0 Å². The summed E-state index contributed by atoms with van der Waals surface area (Å²) in [6, 6.07) is 11.6. The summed E-state index contributed by atoms with van der Waals surface area (Å²) in [6.07, 6.45) is 6.40. The lowest BCUT2D eigenvalue weighted by Gasteiger charge is -2.32. The zero-order valence-corrected chi connectivity index (χ0v) is 16.8. The lowest BCUT2D eigenvalue weighted by molar-refractivity contribution is -0.132. The zero-order chi connectivity index (χ0) is 19.1. The van der Waals surface area contributed by atoms with Gasteiger partial charge in [0.15, 0.2) is 0 Å². The molecule has 2 aromatic rings. The van der Waals surface area contributed by atoms with Gasteiger partial charge in [0.05, 0.1) is 5.56 Å². The molecule has 142 valence electrons. The molecule has 0 atom stereocenters. The predicted octanol–water partition coefficient (Wildman–Crippen LogP) is 3.45. The topological polar surface area (TPSA) is 62.3 Å². The Hall–Kier alpha value is -2.21. The molecule has 1 aromatic heterocycles. The first-order valence-electron chi connectivity index (χ1n) is 9.32. The minimum Gasteiger partial charge on any atom is -0.352 e. The second-order valence-corrected chi connectivity index (χ2v) is 7.82. The van der Waals surface area contributed by atoms with Crippen LogP contribution in [-0.2, 0) is 11.2 Å². The Balaban J connectivity index is 1.37. The van der Waals surface area contributed by atoms with Crippen LogP contribution in [0.1, 0.15) is 35.2 Å². The number of benzene rings is 1. The maximum Gasteiger partial charge on any atom is 0.252 e. The van der Waals surface area contributed by atoms with Crippen LogP contribution in [-0.4, -0.2) is 41.3 Å². The van der Waals surface area contributed by atoms with Crippen LogP contribution in [0.2, 0.25) is 0 Å². The highest BCUT2D eigenvalue weighted by molar-refractivity contribution is 9.10. The van der Waals surface area contributed by atoms with Gasteiger partial charge in [0.1, 0.15) is 0 Å². The van der Waals surface area contributed by atoms with Crippen LogP contribution >= 0.6 is 15.9 Å². The first-order chi connectivity index (χ1) is 13.1. The van der Waals surface area contributed by atoms with E-state index in [1.165, 1.54) is 5.56 Å². The van der Waals surface area contributed by atoms with Crippen LogP contribution in [0.5, 0.6) is 0 Å². The van der Waals surface area contributed by atoms with E-state index < -0.39 is 0 Å². The summed E-state index contributed by atoms with van der Waals surface area (Å²) in [5.41, 5.74) is 1.76. The second kappa shape index (κ2) is 9.65. The molecule has 1 N–H and O–H groups in total. The third-order valence-corrected chi connectivity index (χ3v) is 5.51. The minimum atomic E-state index is -0.0869. The monoisotopic (exact) mass is 429 g/mol. The van der Waals surface area contributed by atoms with Crippen molar-refractivity contribution in [1.29, 1.82) is 0 Å². The highest BCUT2D eigenvalue weighted by atomic mass is 79.9. The summed E-state index contributed by atoms with van der Waals surface area (Å²) >= 11 is 3.42. The van der Waals surface area contributed by atoms with Gasteiger partial charge in [-0.3, -0.25) is 14.6 Å². The third kappa shape index (κ3) is 5.89. The number of likely N-dealkylation sites (tertiary alicyclic amines) is 1. The standard InChI is InChI=1S/C21H24BrN3O2/c22-19-6-3-16(4-7-19)5-8-20(26)25-12-9-17(10-13-25)14-24-21(27)18-2-1-11-23-15-18/h1-4,6-7,11,15,17H,5,8-10,12-14H2,(H,24,27). The molecule has 1 aliphatic heterocycles. The van der Waals surface area contributed by atoms with Crippen molar-refractivity contribution in [1.82, 2.24) is 15.2 Å². The maximum atomic E-state index is 12.4. The number of aryl methyl sites for hydroxylation is 1. The van der Waals surface area contributed by atoms with E-state index in [1.54, 1.807) is 24.5 Å². The highest BCUT2D eigenvalue weighted by Gasteiger charge is 2.23. The number of carbonyl (C=O) groups is 2. The van der Waals surface area contributed by atoms with Gasteiger partial charge in [-0.15, -0.1) is 0 Å². The van der Waals surface area contributed by atoms with Crippen LogP contribution in [0.15, 0.2) is 53.3 Å². The summed E-state index contributed by atoms with van der Waals surface area (Å²) in [7, 11) is 0. The van der Waals surface area contributed by atoms with Crippen LogP contribution in [0.3, 0.4) is 0 Å². The van der Waals surface area contributed by atoms with Gasteiger partial charge in [0, 0.05) is 42.9 Å². The molecule has 0 saturated carbocycles. The molecule has 0 bridgehead atoms. The van der Waals surface area contributed by atoms with Crippen LogP contribution in [0.4, 0.5) is 0 Å². The van der Waals surface area contributed by atoms with Crippen molar-refractivity contribution in [3.8, 4) is 0 Å². The number of pyridine rings is 1. The molecule has 1 fully saturated rings. The molecule has 2 amide bonds. The van der Waals surface area contributed by atoms with Crippen molar-refractivity contribution in [2.75, 3.05) is 19.6 Å². The maximum absolute atomic E-state index is 12.4. The normalized spacial score (nSPS) is 14.8. The van der Waals surface area contributed by atoms with Gasteiger partial charge < -0.3 is 10.2 Å². The van der Waals surface area contributed by atoms with E-state index in [9.17, 15) is 9.59 Å². The van der Waals surface area contributed by atoms with Gasteiger partial charge in [-0.05, 0) is 55.0 Å². The van der Waals surface area contributed by atoms with Crippen LogP contribution in [0.25, 0.3) is 0 Å². The fourth-order valence-electron chi connectivity index (χ4n) is 3.28. The van der Waals surface area contributed by atoms with Gasteiger partial charge in [0.2, 0.25) is 5.91 Å². The average molecular weight is 430 g/mol. The number of carbonyl (C=O) groups excluding carboxylic acids is 2. The van der Waals surface area contributed by atoms with Crippen molar-refractivity contribution in [3.05, 3.63) is 64.4 Å². The van der Waals surface area contributed by atoms with Gasteiger partial charge in [0.25, 0.3) is 5.91 Å². The first-order valence-corrected chi connectivity index (χ1v) is 10.1. The van der Waals surface area contributed by atoms with Gasteiger partial charge >= 0.3 is 0 Å². The van der Waals surface area contributed by atoms with E-state index >= 15 is 0 Å². The number of rotatable bonds is 6. The lowest BCUT2D eigenvalue weighted by atomic mass is 9.96. The molecular formula is C21H24BrN3O2. The van der Waals surface area contributed by atoms with Crippen molar-refractivity contribution in [2.45, 2.75) is 25.7 Å². The number of halogens is 1. The largest absolute Gasteiger partial charge is 0.352 e. The summed E-state index contributed by atoms with van der Waals surface area (Å²) in [6.45, 7) is 2.19. The molecule has 0 aliphatic carbocycles. The third-order valence-electron chi connectivity index (χ3n) is 4.98. The first kappa shape index (κ1) is 19.5. The SMILES string of the molecule is O=C(NCC1CCN(C(=O)CCc2ccc(Br)cc2)CC1)c1cccnc1. The fraction of sp³-hybridized carbons (Fsp3) is 0.381. The number of amides is 2. The number of piperidine rings is 1. The Bertz CT molecular complexity index is 757. The number of hydrogen-bond donors (Lipinski definition) is 1. The summed E-state index contributed by atoms with van der Waals surface area (Å²) in [4.78, 5) is 30.4. The second-order valence-electron chi connectivity index (χ2n) is 6.90. The highest BCUT2D eigenvalue weighted by Crippen LogP contribution is 2.18. The molecule has 3 rings (SSSR count). The van der Waals surface area contributed by atoms with Gasteiger partial charge in [-0.1, -0.05) is 28.1 Å². The Labute approximate surface area is 168 Å². The molecule has 27 heavy (non-hydrogen) atoms. The number of nitrogens with zero attached hydrogens (tertiary/aromatic N) is 2. The number of hydrogen-bond acceptors (Lipinski definition) is 3. The molecular weight excluding hydrogens is 406 g/mol. The number of aromatic nitrogens is 1. The van der Waals surface area contributed by atoms with Crippen LogP contribution < -0.4 is 5.32 Å². The predicted molar refractivity (Wildman–Crippen MR) is 108 cm³/mol. The van der Waals surface area contributed by atoms with Crippen LogP contribution in [0, 0.1) is 5.92 Å². The van der Waals surface area contributed by atoms with Crippen molar-refractivity contribution >= 4 is 27.7 Å². The minimum absolute atomic E-state index is 0.0869. The zero-order valence-electron chi connectivity index (χ0n) is 15.2. The molecule has 0 unspecified atom stereocenters. The Morgan fingerprint density at radius 3 is 2.56 bits per heavy atom. The molecule has 1 saturated heterocycles. The van der Waals surface area contributed by atoms with E-state index in [0.717, 1.165) is 36.8 Å². The summed E-state index contributed by atoms with van der Waals surface area (Å²) in [5.74, 6) is 0.549. The molecule has 6 heteroatoms. The number of nitrogens with one attached hydrogen (secondary N) is 1. The summed E-state index contributed by atoms with van der Waals surface area (Å²) < 4.78 is 1.05. The van der Waals surface area contributed by atoms with E-state index in [4.69, 9.17) is 0 Å². The molecule has 5 nitrogen and oxygen atoms in total. The molecule has 1 aliphatic rings. The Kier molecular flexibility index (Phi) is 6.98. The average Bonchev–Trinajstić information content (AvgIpc) is 2.72. The van der Waals surface area contributed by atoms with E-state index in [-0.39, 0.29) is 11.8 Å². The quantitative estimate of drug-likeness (QED) is 0.764. The van der Waals surface area contributed by atoms with Gasteiger partial charge in [-0.2, -0.15) is 0 Å². The lowest BCUT2D eigenvalue weighted by Crippen LogP contribution is -2.41. The molecule has 2 heterocycles. The molecule has 1 aromatic carbocycles. The van der Waals surface area contributed by atoms with Crippen molar-refractivity contribution < 1.29 is 9.59 Å².